The number of ether oxygens (including phenoxy) is 1. The summed E-state index contributed by atoms with van der Waals surface area (Å²) in [4.78, 5) is 37.6. The van der Waals surface area contributed by atoms with Crippen LogP contribution in [0.5, 0.6) is 0 Å². The van der Waals surface area contributed by atoms with Crippen molar-refractivity contribution in [3.8, 4) is 0 Å². The highest BCUT2D eigenvalue weighted by Gasteiger charge is 2.54. The van der Waals surface area contributed by atoms with Gasteiger partial charge >= 0.3 is 14.6 Å². The minimum absolute atomic E-state index is 0.0403. The number of methoxy groups -OCH3 is 1. The summed E-state index contributed by atoms with van der Waals surface area (Å²) >= 11 is 3.20. The van der Waals surface area contributed by atoms with Gasteiger partial charge in [-0.2, -0.15) is 0 Å². The molecule has 2 atom stereocenters. The van der Waals surface area contributed by atoms with E-state index in [4.69, 9.17) is 18.7 Å². The van der Waals surface area contributed by atoms with Crippen molar-refractivity contribution in [1.82, 2.24) is 9.80 Å². The Morgan fingerprint density at radius 2 is 0.944 bits per heavy atom. The number of rotatable bonds is 36. The van der Waals surface area contributed by atoms with Crippen molar-refractivity contribution in [3.63, 3.8) is 0 Å². The number of hydrogen-bond acceptors (Lipinski definition) is 8. The molecule has 2 aromatic heterocycles. The molecule has 0 spiro atoms. The molecule has 0 N–H and O–H groups in total. The van der Waals surface area contributed by atoms with Gasteiger partial charge in [0.15, 0.2) is 0 Å². The molecule has 397 valence electrons. The largest absolute Gasteiger partial charge is 0.505 e. The van der Waals surface area contributed by atoms with Crippen LogP contribution in [0.15, 0.2) is 35.4 Å². The van der Waals surface area contributed by atoms with E-state index in [2.05, 4.69) is 79.7 Å². The highest BCUT2D eigenvalue weighted by atomic mass is 32.1. The Morgan fingerprint density at radius 1 is 0.563 bits per heavy atom. The maximum Gasteiger partial charge on any atom is 0.505 e. The van der Waals surface area contributed by atoms with Crippen LogP contribution in [0.4, 0.5) is 0 Å². The lowest BCUT2D eigenvalue weighted by molar-refractivity contribution is -0.124. The molecule has 8 nitrogen and oxygen atoms in total. The Hall–Kier alpha value is -2.21. The Labute approximate surface area is 442 Å². The zero-order valence-electron chi connectivity index (χ0n) is 47.2. The number of nitrogens with zero attached hydrogens (tertiary/aromatic N) is 2. The Kier molecular flexibility index (Phi) is 23.6. The van der Waals surface area contributed by atoms with Crippen LogP contribution in [0.1, 0.15) is 247 Å². The first kappa shape index (κ1) is 59.7. The molecule has 0 aromatic carbocycles. The van der Waals surface area contributed by atoms with Gasteiger partial charge < -0.3 is 28.5 Å². The van der Waals surface area contributed by atoms with E-state index >= 15 is 9.59 Å². The van der Waals surface area contributed by atoms with Gasteiger partial charge in [-0.1, -0.05) is 168 Å². The first-order valence-corrected chi connectivity index (χ1v) is 30.2. The van der Waals surface area contributed by atoms with Gasteiger partial charge in [-0.05, 0) is 105 Å². The molecule has 12 heteroatoms. The Morgan fingerprint density at radius 3 is 1.37 bits per heavy atom. The molecule has 2 aromatic rings. The lowest BCUT2D eigenvalue weighted by Crippen LogP contribution is -2.50. The SMILES string of the molecule is CCCCCCCCC(CCCCCC)CN1C(=O)C2=C(c3ccc(B4OC(C)(C)C(C)(C)O4)s3)N(CC(CCCCCC)CCCCCCCC)C(=O)C2=C1c1ccc([B]OC(C)(C)C(C)(C)OC)s1. The molecule has 0 saturated carbocycles. The quantitative estimate of drug-likeness (QED) is 0.0500. The second-order valence-electron chi connectivity index (χ2n) is 23.3. The molecule has 71 heavy (non-hydrogen) atoms. The number of carbonyl (C=O) groups excluding carboxylic acids is 2. The summed E-state index contributed by atoms with van der Waals surface area (Å²) in [6.45, 7) is 26.8. The van der Waals surface area contributed by atoms with E-state index in [1.165, 1.54) is 103 Å². The third-order valence-corrected chi connectivity index (χ3v) is 18.7. The van der Waals surface area contributed by atoms with Crippen LogP contribution in [0, 0.1) is 11.8 Å². The van der Waals surface area contributed by atoms with E-state index in [1.807, 2.05) is 45.0 Å². The van der Waals surface area contributed by atoms with E-state index in [-0.39, 0.29) is 11.8 Å². The second-order valence-corrected chi connectivity index (χ2v) is 25.5. The highest BCUT2D eigenvalue weighted by molar-refractivity contribution is 7.23. The maximum atomic E-state index is 15.8. The summed E-state index contributed by atoms with van der Waals surface area (Å²) in [7, 11) is 3.01. The summed E-state index contributed by atoms with van der Waals surface area (Å²) in [5, 5.41) is 0. The van der Waals surface area contributed by atoms with Gasteiger partial charge in [0.05, 0.1) is 54.7 Å². The number of unbranched alkanes of at least 4 members (excludes halogenated alkanes) is 16. The smallest absolute Gasteiger partial charge is 0.426 e. The molecule has 0 aliphatic carbocycles. The van der Waals surface area contributed by atoms with E-state index in [0.717, 1.165) is 82.1 Å². The monoisotopic (exact) mass is 1020 g/mol. The van der Waals surface area contributed by atoms with Crippen LogP contribution in [0.2, 0.25) is 0 Å². The predicted molar refractivity (Wildman–Crippen MR) is 304 cm³/mol. The van der Waals surface area contributed by atoms with Gasteiger partial charge in [-0.15, -0.1) is 22.7 Å². The average molecular weight is 1020 g/mol. The summed E-state index contributed by atoms with van der Waals surface area (Å²) in [6, 6.07) is 8.39. The number of carbonyl (C=O) groups is 2. The average Bonchev–Trinajstić information content (AvgIpc) is 4.15. The summed E-state index contributed by atoms with van der Waals surface area (Å²) in [6.07, 6.45) is 28.8. The number of fused-ring (bicyclic) bond motifs is 1. The molecule has 1 fully saturated rings. The summed E-state index contributed by atoms with van der Waals surface area (Å²) in [5.74, 6) is 0.585. The molecule has 5 rings (SSSR count). The molecule has 1 radical (unpaired) electrons. The van der Waals surface area contributed by atoms with E-state index in [0.29, 0.717) is 36.1 Å². The van der Waals surface area contributed by atoms with E-state index < -0.39 is 29.5 Å². The molecule has 0 bridgehead atoms. The maximum absolute atomic E-state index is 15.8. The summed E-state index contributed by atoms with van der Waals surface area (Å²) < 4.78 is 27.4. The Bertz CT molecular complexity index is 2020. The second kappa shape index (κ2) is 28.1. The van der Waals surface area contributed by atoms with Crippen molar-refractivity contribution in [2.45, 2.75) is 260 Å². The van der Waals surface area contributed by atoms with Gasteiger partial charge in [-0.3, -0.25) is 9.59 Å². The van der Waals surface area contributed by atoms with Crippen molar-refractivity contribution < 1.29 is 28.3 Å². The molecule has 3 aliphatic heterocycles. The van der Waals surface area contributed by atoms with E-state index in [9.17, 15) is 0 Å². The summed E-state index contributed by atoms with van der Waals surface area (Å²) in [5.41, 5.74) is 0.554. The molecule has 2 unspecified atom stereocenters. The number of hydrogen-bond donors (Lipinski definition) is 0. The van der Waals surface area contributed by atoms with Crippen LogP contribution < -0.4 is 9.55 Å². The fraction of sp³-hybridized carbons (Fsp3) is 0.763. The lowest BCUT2D eigenvalue weighted by atomic mass is 9.86. The van der Waals surface area contributed by atoms with Gasteiger partial charge in [0.25, 0.3) is 11.8 Å². The first-order valence-electron chi connectivity index (χ1n) is 28.6. The lowest BCUT2D eigenvalue weighted by Gasteiger charge is -2.40. The fourth-order valence-electron chi connectivity index (χ4n) is 10.3. The zero-order valence-corrected chi connectivity index (χ0v) is 48.8. The van der Waals surface area contributed by atoms with Gasteiger partial charge in [0, 0.05) is 29.8 Å². The minimum atomic E-state index is -0.611. The van der Waals surface area contributed by atoms with Crippen molar-refractivity contribution >= 4 is 70.0 Å². The van der Waals surface area contributed by atoms with Crippen LogP contribution in [0.25, 0.3) is 11.4 Å². The fourth-order valence-corrected chi connectivity index (χ4v) is 12.2. The molecule has 3 aliphatic rings. The van der Waals surface area contributed by atoms with Crippen molar-refractivity contribution in [3.05, 3.63) is 45.2 Å². The van der Waals surface area contributed by atoms with Crippen molar-refractivity contribution in [2.75, 3.05) is 20.2 Å². The molecule has 5 heterocycles. The molecular weight excluding hydrogens is 918 g/mol. The van der Waals surface area contributed by atoms with Crippen molar-refractivity contribution in [2.24, 2.45) is 11.8 Å². The predicted octanol–water partition coefficient (Wildman–Crippen LogP) is 15.1. The van der Waals surface area contributed by atoms with Gasteiger partial charge in [0.1, 0.15) is 0 Å². The first-order chi connectivity index (χ1) is 33.9. The highest BCUT2D eigenvalue weighted by Crippen LogP contribution is 2.49. The molecule has 2 amide bonds. The normalized spacial score (nSPS) is 18.0. The van der Waals surface area contributed by atoms with Crippen LogP contribution in [-0.4, -0.2) is 78.8 Å². The third kappa shape index (κ3) is 15.7. The number of thiophene rings is 2. The Balaban J connectivity index is 1.62. The van der Waals surface area contributed by atoms with Crippen LogP contribution >= 0.6 is 22.7 Å². The minimum Gasteiger partial charge on any atom is -0.426 e. The third-order valence-electron chi connectivity index (χ3n) is 16.6. The zero-order chi connectivity index (χ0) is 51.8. The molecular formula is C59H97B2N2O6S2. The van der Waals surface area contributed by atoms with Crippen LogP contribution in [0.3, 0.4) is 0 Å². The van der Waals surface area contributed by atoms with Gasteiger partial charge in [0.2, 0.25) is 0 Å². The molecule has 1 saturated heterocycles. The van der Waals surface area contributed by atoms with Crippen LogP contribution in [-0.2, 0) is 28.3 Å². The number of amides is 2. The standard InChI is InChI=1S/C59H97B2N2O6S2/c1-14-18-22-26-28-32-36-44(34-30-24-20-16-3)42-62-52(46-38-40-48(70-46)60-67-57(7,8)56(5,6)66-13)50-51(55(62)65)53(47-39-41-49(71-47)61-68-58(9,10)59(11,12)69-61)63(54(50)64)43-45(35-31-25-21-17-4)37-33-29-27-23-19-15-2/h38-41,44-45H,14-37,42-43H2,1-13H3. The van der Waals surface area contributed by atoms with Crippen molar-refractivity contribution in [1.29, 1.82) is 0 Å². The topological polar surface area (TPSA) is 77.5 Å². The van der Waals surface area contributed by atoms with Gasteiger partial charge in [-0.25, -0.2) is 0 Å². The van der Waals surface area contributed by atoms with E-state index in [1.54, 1.807) is 29.8 Å².